The standard InChI is InChI=1S/C32H45N5O/c1-6-7-9-12-27-15-17-28(18-16-27)32(38)36(23-25(2)3)24-30-26(4)33-37(29-13-10-8-11-14-29)31(30)35-21-19-34(5)20-22-35/h8,10-11,13-18,25H,6-7,9,12,19-24H2,1-5H3. The molecule has 1 amide bonds. The summed E-state index contributed by atoms with van der Waals surface area (Å²) in [6.45, 7) is 13.8. The van der Waals surface area contributed by atoms with Crippen LogP contribution in [0, 0.1) is 12.8 Å². The number of amides is 1. The molecule has 1 aliphatic rings. The summed E-state index contributed by atoms with van der Waals surface area (Å²) < 4.78 is 2.08. The third kappa shape index (κ3) is 6.84. The quantitative estimate of drug-likeness (QED) is 0.296. The first-order valence-corrected chi connectivity index (χ1v) is 14.3. The number of aryl methyl sites for hydroxylation is 2. The zero-order chi connectivity index (χ0) is 27.1. The van der Waals surface area contributed by atoms with Crippen molar-refractivity contribution in [2.75, 3.05) is 44.7 Å². The number of hydrogen-bond acceptors (Lipinski definition) is 4. The van der Waals surface area contributed by atoms with Gasteiger partial charge in [-0.05, 0) is 62.6 Å². The summed E-state index contributed by atoms with van der Waals surface area (Å²) in [4.78, 5) is 20.7. The van der Waals surface area contributed by atoms with E-state index in [1.165, 1.54) is 24.8 Å². The molecule has 2 heterocycles. The van der Waals surface area contributed by atoms with Crippen molar-refractivity contribution >= 4 is 11.7 Å². The number of unbranched alkanes of at least 4 members (excludes halogenated alkanes) is 2. The summed E-state index contributed by atoms with van der Waals surface area (Å²) in [6, 6.07) is 18.6. The third-order valence-corrected chi connectivity index (χ3v) is 7.45. The first kappa shape index (κ1) is 27.9. The Bertz CT molecular complexity index is 1160. The molecule has 6 heteroatoms. The van der Waals surface area contributed by atoms with Crippen LogP contribution in [0.25, 0.3) is 5.69 Å². The number of para-hydroxylation sites is 1. The van der Waals surface area contributed by atoms with Crippen LogP contribution in [0.2, 0.25) is 0 Å². The highest BCUT2D eigenvalue weighted by Crippen LogP contribution is 2.30. The molecule has 4 rings (SSSR count). The number of anilines is 1. The fourth-order valence-electron chi connectivity index (χ4n) is 5.25. The number of hydrogen-bond donors (Lipinski definition) is 0. The normalized spacial score (nSPS) is 14.3. The highest BCUT2D eigenvalue weighted by molar-refractivity contribution is 5.94. The Labute approximate surface area is 229 Å². The molecular formula is C32H45N5O. The fraction of sp³-hybridized carbons (Fsp3) is 0.500. The van der Waals surface area contributed by atoms with Gasteiger partial charge in [0, 0.05) is 43.9 Å². The summed E-state index contributed by atoms with van der Waals surface area (Å²) >= 11 is 0. The van der Waals surface area contributed by atoms with E-state index in [1.54, 1.807) is 0 Å². The van der Waals surface area contributed by atoms with Gasteiger partial charge in [0.05, 0.1) is 17.9 Å². The van der Waals surface area contributed by atoms with Crippen molar-refractivity contribution in [2.24, 2.45) is 5.92 Å². The lowest BCUT2D eigenvalue weighted by atomic mass is 10.0. The zero-order valence-corrected chi connectivity index (χ0v) is 24.0. The van der Waals surface area contributed by atoms with Crippen molar-refractivity contribution in [2.45, 2.75) is 59.9 Å². The predicted octanol–water partition coefficient (Wildman–Crippen LogP) is 5.96. The molecule has 6 nitrogen and oxygen atoms in total. The minimum atomic E-state index is 0.0926. The molecule has 0 bridgehead atoms. The van der Waals surface area contributed by atoms with Crippen molar-refractivity contribution in [3.63, 3.8) is 0 Å². The topological polar surface area (TPSA) is 44.6 Å². The Kier molecular flexibility index (Phi) is 9.62. The molecule has 0 saturated carbocycles. The molecule has 0 aliphatic carbocycles. The first-order chi connectivity index (χ1) is 18.4. The second-order valence-corrected chi connectivity index (χ2v) is 11.2. The highest BCUT2D eigenvalue weighted by atomic mass is 16.2. The molecule has 0 spiro atoms. The fourth-order valence-corrected chi connectivity index (χ4v) is 5.25. The number of likely N-dealkylation sites (N-methyl/N-ethyl adjacent to an activating group) is 1. The molecule has 0 unspecified atom stereocenters. The van der Waals surface area contributed by atoms with Gasteiger partial charge in [-0.15, -0.1) is 0 Å². The monoisotopic (exact) mass is 515 g/mol. The number of benzene rings is 2. The van der Waals surface area contributed by atoms with E-state index in [-0.39, 0.29) is 5.91 Å². The number of carbonyl (C=O) groups excluding carboxylic acids is 1. The maximum Gasteiger partial charge on any atom is 0.254 e. The van der Waals surface area contributed by atoms with E-state index >= 15 is 0 Å². The number of rotatable bonds is 11. The van der Waals surface area contributed by atoms with E-state index in [0.29, 0.717) is 19.0 Å². The van der Waals surface area contributed by atoms with Gasteiger partial charge >= 0.3 is 0 Å². The maximum atomic E-state index is 13.9. The Balaban J connectivity index is 1.65. The number of aromatic nitrogens is 2. The van der Waals surface area contributed by atoms with Gasteiger partial charge in [-0.25, -0.2) is 4.68 Å². The molecule has 204 valence electrons. The number of carbonyl (C=O) groups is 1. The molecule has 0 atom stereocenters. The molecule has 1 aromatic heterocycles. The van der Waals surface area contributed by atoms with Crippen LogP contribution in [0.3, 0.4) is 0 Å². The van der Waals surface area contributed by atoms with Gasteiger partial charge < -0.3 is 14.7 Å². The highest BCUT2D eigenvalue weighted by Gasteiger charge is 2.27. The molecule has 3 aromatic rings. The molecular weight excluding hydrogens is 470 g/mol. The van der Waals surface area contributed by atoms with Crippen LogP contribution in [0.1, 0.15) is 67.2 Å². The summed E-state index contributed by atoms with van der Waals surface area (Å²) in [6.07, 6.45) is 4.74. The SMILES string of the molecule is CCCCCc1ccc(C(=O)N(Cc2c(C)nn(-c3ccccc3)c2N2CCN(C)CC2)CC(C)C)cc1. The van der Waals surface area contributed by atoms with E-state index < -0.39 is 0 Å². The van der Waals surface area contributed by atoms with Gasteiger partial charge in [0.1, 0.15) is 5.82 Å². The van der Waals surface area contributed by atoms with Gasteiger partial charge in [0.15, 0.2) is 0 Å². The van der Waals surface area contributed by atoms with Crippen molar-refractivity contribution in [3.8, 4) is 5.69 Å². The molecule has 1 fully saturated rings. The predicted molar refractivity (Wildman–Crippen MR) is 157 cm³/mol. The lowest BCUT2D eigenvalue weighted by molar-refractivity contribution is 0.0722. The van der Waals surface area contributed by atoms with Crippen LogP contribution in [-0.2, 0) is 13.0 Å². The van der Waals surface area contributed by atoms with Gasteiger partial charge in [0.25, 0.3) is 5.91 Å². The van der Waals surface area contributed by atoms with Crippen LogP contribution < -0.4 is 4.90 Å². The maximum absolute atomic E-state index is 13.9. The van der Waals surface area contributed by atoms with Crippen molar-refractivity contribution in [1.82, 2.24) is 19.6 Å². The molecule has 0 radical (unpaired) electrons. The van der Waals surface area contributed by atoms with Crippen molar-refractivity contribution in [3.05, 3.63) is 77.0 Å². The number of nitrogens with zero attached hydrogens (tertiary/aromatic N) is 5. The Morgan fingerprint density at radius 2 is 1.66 bits per heavy atom. The average molecular weight is 516 g/mol. The molecule has 0 N–H and O–H groups in total. The summed E-state index contributed by atoms with van der Waals surface area (Å²) in [5.74, 6) is 1.58. The zero-order valence-electron chi connectivity index (χ0n) is 24.0. The molecule has 2 aromatic carbocycles. The van der Waals surface area contributed by atoms with E-state index in [9.17, 15) is 4.79 Å². The minimum Gasteiger partial charge on any atom is -0.354 e. The summed E-state index contributed by atoms with van der Waals surface area (Å²) in [7, 11) is 2.18. The van der Waals surface area contributed by atoms with Gasteiger partial charge in [-0.1, -0.05) is 63.9 Å². The summed E-state index contributed by atoms with van der Waals surface area (Å²) in [5.41, 5.74) is 5.25. The third-order valence-electron chi connectivity index (χ3n) is 7.45. The average Bonchev–Trinajstić information content (AvgIpc) is 3.25. The minimum absolute atomic E-state index is 0.0926. The molecule has 1 aliphatic heterocycles. The van der Waals surface area contributed by atoms with Gasteiger partial charge in [-0.2, -0.15) is 5.10 Å². The van der Waals surface area contributed by atoms with E-state index in [1.807, 2.05) is 23.1 Å². The lowest BCUT2D eigenvalue weighted by Crippen LogP contribution is -2.45. The van der Waals surface area contributed by atoms with E-state index in [0.717, 1.165) is 60.9 Å². The van der Waals surface area contributed by atoms with E-state index in [2.05, 4.69) is 85.6 Å². The Morgan fingerprint density at radius 1 is 0.974 bits per heavy atom. The number of piperazine rings is 1. The second-order valence-electron chi connectivity index (χ2n) is 11.2. The van der Waals surface area contributed by atoms with Crippen LogP contribution in [0.15, 0.2) is 54.6 Å². The van der Waals surface area contributed by atoms with Gasteiger partial charge in [-0.3, -0.25) is 4.79 Å². The summed E-state index contributed by atoms with van der Waals surface area (Å²) in [5, 5.41) is 5.01. The van der Waals surface area contributed by atoms with Gasteiger partial charge in [0.2, 0.25) is 0 Å². The largest absolute Gasteiger partial charge is 0.354 e. The van der Waals surface area contributed by atoms with Crippen LogP contribution >= 0.6 is 0 Å². The Morgan fingerprint density at radius 3 is 2.29 bits per heavy atom. The van der Waals surface area contributed by atoms with E-state index in [4.69, 9.17) is 5.10 Å². The molecule has 38 heavy (non-hydrogen) atoms. The molecule has 1 saturated heterocycles. The van der Waals surface area contributed by atoms with Crippen LogP contribution in [-0.4, -0.2) is 65.3 Å². The van der Waals surface area contributed by atoms with Crippen molar-refractivity contribution in [1.29, 1.82) is 0 Å². The van der Waals surface area contributed by atoms with Crippen LogP contribution in [0.5, 0.6) is 0 Å². The van der Waals surface area contributed by atoms with Crippen molar-refractivity contribution < 1.29 is 4.79 Å². The lowest BCUT2D eigenvalue weighted by Gasteiger charge is -2.35. The smallest absolute Gasteiger partial charge is 0.254 e. The second kappa shape index (κ2) is 13.1. The first-order valence-electron chi connectivity index (χ1n) is 14.3. The Hall–Kier alpha value is -3.12. The van der Waals surface area contributed by atoms with Crippen LogP contribution in [0.4, 0.5) is 5.82 Å².